The van der Waals surface area contributed by atoms with E-state index in [-0.39, 0.29) is 30.5 Å². The maximum Gasteiger partial charge on any atom is 0.341 e. The van der Waals surface area contributed by atoms with Crippen molar-refractivity contribution < 1.29 is 13.9 Å². The number of aryl methyl sites for hydroxylation is 3. The van der Waals surface area contributed by atoms with E-state index in [1.54, 1.807) is 13.0 Å². The van der Waals surface area contributed by atoms with Crippen LogP contribution in [-0.4, -0.2) is 19.0 Å². The first-order chi connectivity index (χ1) is 11.6. The highest BCUT2D eigenvalue weighted by Crippen LogP contribution is 2.24. The number of fused-ring (bicyclic) bond motifs is 1. The van der Waals surface area contributed by atoms with E-state index < -0.39 is 5.97 Å². The molecule has 1 aliphatic rings. The summed E-state index contributed by atoms with van der Waals surface area (Å²) in [7, 11) is 1.34. The Morgan fingerprint density at radius 1 is 1.32 bits per heavy atom. The number of carbonyl (C=O) groups is 1. The van der Waals surface area contributed by atoms with Crippen LogP contribution >= 0.6 is 24.0 Å². The lowest BCUT2D eigenvalue weighted by Crippen LogP contribution is -2.22. The molecule has 25 heavy (non-hydrogen) atoms. The lowest BCUT2D eigenvalue weighted by Gasteiger charge is -2.07. The highest BCUT2D eigenvalue weighted by molar-refractivity contribution is 14.0. The van der Waals surface area contributed by atoms with E-state index in [2.05, 4.69) is 22.4 Å². The van der Waals surface area contributed by atoms with Gasteiger partial charge in [0.1, 0.15) is 23.6 Å². The summed E-state index contributed by atoms with van der Waals surface area (Å²) >= 11 is 0. The number of hydrogen-bond acceptors (Lipinski definition) is 4. The largest absolute Gasteiger partial charge is 0.465 e. The fraction of sp³-hybridized carbons (Fsp3) is 0.333. The van der Waals surface area contributed by atoms with Crippen LogP contribution in [0.25, 0.3) is 0 Å². The van der Waals surface area contributed by atoms with E-state index >= 15 is 0 Å². The third kappa shape index (κ3) is 4.53. The Bertz CT molecular complexity index is 799. The molecule has 1 aliphatic carbocycles. The molecule has 1 aromatic carbocycles. The van der Waals surface area contributed by atoms with Crippen molar-refractivity contribution in [1.82, 2.24) is 0 Å². The standard InChI is InChI=1S/C18H21N3O3.HI/c1-11-16(17(22)23-2)9-15(24-11)10-20-18(19)21-14-7-6-12-4-3-5-13(12)8-14;/h6-9H,3-5,10H2,1-2H3,(H3,19,20,21);1H. The van der Waals surface area contributed by atoms with Crippen LogP contribution in [-0.2, 0) is 24.1 Å². The fourth-order valence-electron chi connectivity index (χ4n) is 2.93. The molecule has 6 nitrogen and oxygen atoms in total. The number of esters is 1. The molecule has 1 aromatic heterocycles. The number of anilines is 1. The number of furan rings is 1. The lowest BCUT2D eigenvalue weighted by atomic mass is 10.1. The molecule has 0 spiro atoms. The van der Waals surface area contributed by atoms with E-state index in [9.17, 15) is 4.79 Å². The van der Waals surface area contributed by atoms with Crippen LogP contribution in [0.3, 0.4) is 0 Å². The number of ether oxygens (including phenoxy) is 1. The average molecular weight is 455 g/mol. The van der Waals surface area contributed by atoms with Gasteiger partial charge < -0.3 is 20.2 Å². The van der Waals surface area contributed by atoms with Gasteiger partial charge >= 0.3 is 5.97 Å². The zero-order valence-corrected chi connectivity index (χ0v) is 16.6. The molecule has 3 N–H and O–H groups in total. The molecule has 0 saturated heterocycles. The van der Waals surface area contributed by atoms with Crippen LogP contribution in [0.4, 0.5) is 5.69 Å². The van der Waals surface area contributed by atoms with Gasteiger partial charge in [-0.1, -0.05) is 6.07 Å². The third-order valence-electron chi connectivity index (χ3n) is 4.15. The Morgan fingerprint density at radius 3 is 2.84 bits per heavy atom. The second-order valence-electron chi connectivity index (χ2n) is 5.84. The number of carbonyl (C=O) groups excluding carboxylic acids is 1. The van der Waals surface area contributed by atoms with Crippen molar-refractivity contribution in [1.29, 1.82) is 0 Å². The van der Waals surface area contributed by atoms with Crippen molar-refractivity contribution in [3.63, 3.8) is 0 Å². The van der Waals surface area contributed by atoms with E-state index in [0.29, 0.717) is 23.0 Å². The van der Waals surface area contributed by atoms with Gasteiger partial charge in [0.05, 0.1) is 7.11 Å². The van der Waals surface area contributed by atoms with Crippen molar-refractivity contribution in [3.05, 3.63) is 52.5 Å². The summed E-state index contributed by atoms with van der Waals surface area (Å²) in [5.74, 6) is 0.959. The number of nitrogens with two attached hydrogens (primary N) is 1. The zero-order chi connectivity index (χ0) is 17.1. The third-order valence-corrected chi connectivity index (χ3v) is 4.15. The molecule has 0 atom stereocenters. The predicted octanol–water partition coefficient (Wildman–Crippen LogP) is 3.41. The van der Waals surface area contributed by atoms with Gasteiger partial charge in [0.15, 0.2) is 5.96 Å². The summed E-state index contributed by atoms with van der Waals surface area (Å²) in [5, 5.41) is 3.09. The topological polar surface area (TPSA) is 89.8 Å². The minimum absolute atomic E-state index is 0. The molecule has 134 valence electrons. The molecular weight excluding hydrogens is 433 g/mol. The Labute approximate surface area is 163 Å². The van der Waals surface area contributed by atoms with Crippen LogP contribution in [0.1, 0.15) is 39.4 Å². The van der Waals surface area contributed by atoms with Gasteiger partial charge in [-0.25, -0.2) is 9.79 Å². The van der Waals surface area contributed by atoms with Crippen molar-refractivity contribution >= 4 is 41.6 Å². The number of guanidine groups is 1. The summed E-state index contributed by atoms with van der Waals surface area (Å²) in [6, 6.07) is 7.90. The van der Waals surface area contributed by atoms with Crippen molar-refractivity contribution in [2.24, 2.45) is 10.7 Å². The molecule has 0 unspecified atom stereocenters. The number of hydrogen-bond donors (Lipinski definition) is 2. The van der Waals surface area contributed by atoms with Crippen LogP contribution in [0, 0.1) is 6.92 Å². The molecular formula is C18H22IN3O3. The van der Waals surface area contributed by atoms with Gasteiger partial charge in [-0.05, 0) is 55.5 Å². The van der Waals surface area contributed by atoms with Gasteiger partial charge in [0.2, 0.25) is 0 Å². The molecule has 0 saturated carbocycles. The average Bonchev–Trinajstić information content (AvgIpc) is 3.18. The quantitative estimate of drug-likeness (QED) is 0.319. The monoisotopic (exact) mass is 455 g/mol. The number of aliphatic imine (C=N–C) groups is 1. The summed E-state index contributed by atoms with van der Waals surface area (Å²) in [6.45, 7) is 1.97. The van der Waals surface area contributed by atoms with Crippen LogP contribution in [0.5, 0.6) is 0 Å². The summed E-state index contributed by atoms with van der Waals surface area (Å²) in [4.78, 5) is 15.8. The minimum atomic E-state index is -0.421. The zero-order valence-electron chi connectivity index (χ0n) is 14.3. The molecule has 1 heterocycles. The van der Waals surface area contributed by atoms with Crippen LogP contribution in [0.2, 0.25) is 0 Å². The number of benzene rings is 1. The van der Waals surface area contributed by atoms with E-state index in [0.717, 1.165) is 18.5 Å². The van der Waals surface area contributed by atoms with E-state index in [1.165, 1.54) is 24.7 Å². The number of nitrogens with one attached hydrogen (secondary N) is 1. The summed E-state index contributed by atoms with van der Waals surface area (Å²) in [6.07, 6.45) is 3.48. The number of methoxy groups -OCH3 is 1. The van der Waals surface area contributed by atoms with Gasteiger partial charge in [-0.15, -0.1) is 24.0 Å². The normalized spacial score (nSPS) is 13.1. The van der Waals surface area contributed by atoms with Gasteiger partial charge in [0, 0.05) is 5.69 Å². The fourth-order valence-corrected chi connectivity index (χ4v) is 2.93. The van der Waals surface area contributed by atoms with Gasteiger partial charge in [-0.3, -0.25) is 0 Å². The van der Waals surface area contributed by atoms with Gasteiger partial charge in [0.25, 0.3) is 0 Å². The second-order valence-corrected chi connectivity index (χ2v) is 5.84. The lowest BCUT2D eigenvalue weighted by molar-refractivity contribution is 0.0599. The predicted molar refractivity (Wildman–Crippen MR) is 108 cm³/mol. The summed E-state index contributed by atoms with van der Waals surface area (Å²) in [5.41, 5.74) is 10.1. The molecule has 3 rings (SSSR count). The highest BCUT2D eigenvalue weighted by atomic mass is 127. The second kappa shape index (κ2) is 8.37. The maximum atomic E-state index is 11.6. The number of halogens is 1. The van der Waals surface area contributed by atoms with Crippen LogP contribution < -0.4 is 11.1 Å². The Morgan fingerprint density at radius 2 is 2.08 bits per heavy atom. The molecule has 0 radical (unpaired) electrons. The Balaban J connectivity index is 0.00000225. The Kier molecular flexibility index (Phi) is 6.46. The SMILES string of the molecule is COC(=O)c1cc(CN=C(N)Nc2ccc3c(c2)CCC3)oc1C.I. The van der Waals surface area contributed by atoms with Crippen molar-refractivity contribution in [2.75, 3.05) is 12.4 Å². The molecule has 0 bridgehead atoms. The number of rotatable bonds is 4. The van der Waals surface area contributed by atoms with Gasteiger partial charge in [-0.2, -0.15) is 0 Å². The first-order valence-corrected chi connectivity index (χ1v) is 7.93. The Hall–Kier alpha value is -2.03. The molecule has 0 fully saturated rings. The summed E-state index contributed by atoms with van der Waals surface area (Å²) < 4.78 is 10.2. The highest BCUT2D eigenvalue weighted by Gasteiger charge is 2.15. The maximum absolute atomic E-state index is 11.6. The van der Waals surface area contributed by atoms with Crippen LogP contribution in [0.15, 0.2) is 33.7 Å². The van der Waals surface area contributed by atoms with E-state index in [4.69, 9.17) is 14.9 Å². The molecule has 0 amide bonds. The smallest absolute Gasteiger partial charge is 0.341 e. The number of nitrogens with zero attached hydrogens (tertiary/aromatic N) is 1. The molecule has 0 aliphatic heterocycles. The van der Waals surface area contributed by atoms with E-state index in [1.807, 2.05) is 6.07 Å². The molecule has 7 heteroatoms. The first-order valence-electron chi connectivity index (χ1n) is 7.93. The molecule has 2 aromatic rings. The minimum Gasteiger partial charge on any atom is -0.465 e. The van der Waals surface area contributed by atoms with Crippen molar-refractivity contribution in [3.8, 4) is 0 Å². The van der Waals surface area contributed by atoms with Crippen molar-refractivity contribution in [2.45, 2.75) is 32.7 Å². The first kappa shape index (κ1) is 19.3.